The molecule has 0 unspecified atom stereocenters. The van der Waals surface area contributed by atoms with Crippen LogP contribution < -0.4 is 15.5 Å². The van der Waals surface area contributed by atoms with E-state index in [0.29, 0.717) is 48.5 Å². The zero-order valence-corrected chi connectivity index (χ0v) is 26.8. The van der Waals surface area contributed by atoms with Crippen LogP contribution in [0.4, 0.5) is 22.6 Å². The molecule has 0 atom stereocenters. The number of anilines is 3. The van der Waals surface area contributed by atoms with Crippen LogP contribution in [0.1, 0.15) is 33.5 Å². The van der Waals surface area contributed by atoms with Crippen LogP contribution in [-0.4, -0.2) is 118 Å². The molecule has 2 aliphatic heterocycles. The number of hydrogen-bond acceptors (Lipinski definition) is 11. The van der Waals surface area contributed by atoms with E-state index in [-0.39, 0.29) is 35.5 Å². The Hall–Kier alpha value is -3.95. The molecule has 2 saturated heterocycles. The molecule has 3 aromatic rings. The number of urea groups is 1. The fraction of sp³-hybridized carbons (Fsp3) is 0.517. The van der Waals surface area contributed by atoms with Crippen molar-refractivity contribution in [1.82, 2.24) is 44.3 Å². The molecule has 2 N–H and O–H groups in total. The van der Waals surface area contributed by atoms with Crippen LogP contribution in [0.5, 0.6) is 0 Å². The van der Waals surface area contributed by atoms with E-state index >= 15 is 0 Å². The molecular formula is C29H41N11O3S. The van der Waals surface area contributed by atoms with Crippen LogP contribution >= 0.6 is 0 Å². The van der Waals surface area contributed by atoms with E-state index in [4.69, 9.17) is 0 Å². The smallest absolute Gasteiger partial charge is 0.317 e. The average Bonchev–Trinajstić information content (AvgIpc) is 3.00. The molecule has 5 rings (SSSR count). The predicted molar refractivity (Wildman–Crippen MR) is 168 cm³/mol. The van der Waals surface area contributed by atoms with Crippen molar-refractivity contribution in [3.05, 3.63) is 42.4 Å². The number of rotatable bonds is 7. The lowest BCUT2D eigenvalue weighted by Crippen LogP contribution is -2.55. The molecule has 2 amide bonds. The topological polar surface area (TPSA) is 153 Å². The summed E-state index contributed by atoms with van der Waals surface area (Å²) < 4.78 is 28.5. The average molecular weight is 624 g/mol. The SMILES string of the molecule is CCc1nc(Nc2nccc(-c3cccc(S(=O)(=O)N4CCN(C(=O)NC(C)(C)C)CC4)c3)n2)nc(N2CCN(C)CC2)n1. The van der Waals surface area contributed by atoms with Gasteiger partial charge in [-0.15, -0.1) is 0 Å². The minimum atomic E-state index is -3.78. The Balaban J connectivity index is 1.30. The second kappa shape index (κ2) is 13.0. The fourth-order valence-electron chi connectivity index (χ4n) is 4.95. The molecule has 14 nitrogen and oxygen atoms in total. The van der Waals surface area contributed by atoms with Crippen molar-refractivity contribution in [3.8, 4) is 11.3 Å². The lowest BCUT2D eigenvalue weighted by Gasteiger charge is -2.35. The molecule has 0 radical (unpaired) electrons. The Kier molecular flexibility index (Phi) is 9.27. The maximum Gasteiger partial charge on any atom is 0.317 e. The first-order chi connectivity index (χ1) is 20.9. The summed E-state index contributed by atoms with van der Waals surface area (Å²) in [5.74, 6) is 1.94. The fourth-order valence-corrected chi connectivity index (χ4v) is 6.41. The van der Waals surface area contributed by atoms with Crippen molar-refractivity contribution in [3.63, 3.8) is 0 Å². The van der Waals surface area contributed by atoms with E-state index in [1.807, 2.05) is 33.8 Å². The molecule has 0 spiro atoms. The number of amides is 2. The highest BCUT2D eigenvalue weighted by molar-refractivity contribution is 7.89. The summed E-state index contributed by atoms with van der Waals surface area (Å²) in [6, 6.07) is 8.24. The number of hydrogen-bond donors (Lipinski definition) is 2. The summed E-state index contributed by atoms with van der Waals surface area (Å²) >= 11 is 0. The van der Waals surface area contributed by atoms with Crippen LogP contribution in [0, 0.1) is 0 Å². The Bertz CT molecular complexity index is 1580. The van der Waals surface area contributed by atoms with E-state index in [9.17, 15) is 13.2 Å². The largest absolute Gasteiger partial charge is 0.338 e. The third kappa shape index (κ3) is 7.57. The monoisotopic (exact) mass is 623 g/mol. The number of aromatic nitrogens is 5. The zero-order valence-electron chi connectivity index (χ0n) is 26.0. The van der Waals surface area contributed by atoms with Gasteiger partial charge in [0, 0.05) is 76.1 Å². The molecule has 236 valence electrons. The minimum absolute atomic E-state index is 0.164. The number of sulfonamides is 1. The summed E-state index contributed by atoms with van der Waals surface area (Å²) in [7, 11) is -1.68. The summed E-state index contributed by atoms with van der Waals surface area (Å²) in [6.45, 7) is 12.3. The molecule has 2 fully saturated rings. The number of piperazine rings is 2. The van der Waals surface area contributed by atoms with E-state index in [2.05, 4.69) is 52.4 Å². The minimum Gasteiger partial charge on any atom is -0.338 e. The standard InChI is InChI=1S/C29H41N11O3S/c1-6-24-32-26(35-27(33-24)38-14-12-37(5)13-15-38)34-25-30-11-10-23(31-25)21-8-7-9-22(20-21)44(42,43)40-18-16-39(17-19-40)28(41)36-29(2,3)4/h7-11,20H,6,12-19H2,1-5H3,(H,36,41)(H,30,31,32,33,34,35). The summed E-state index contributed by atoms with van der Waals surface area (Å²) in [6.07, 6.45) is 2.26. The molecule has 0 saturated carbocycles. The summed E-state index contributed by atoms with van der Waals surface area (Å²) in [5.41, 5.74) is 0.809. The Morgan fingerprint density at radius 1 is 0.909 bits per heavy atom. The first-order valence-corrected chi connectivity index (χ1v) is 16.3. The molecular weight excluding hydrogens is 582 g/mol. The highest BCUT2D eigenvalue weighted by Crippen LogP contribution is 2.25. The second-order valence-corrected chi connectivity index (χ2v) is 13.9. The maximum absolute atomic E-state index is 13.6. The van der Waals surface area contributed by atoms with Gasteiger partial charge in [0.2, 0.25) is 27.9 Å². The molecule has 15 heteroatoms. The van der Waals surface area contributed by atoms with Gasteiger partial charge in [-0.1, -0.05) is 19.1 Å². The molecule has 44 heavy (non-hydrogen) atoms. The third-order valence-corrected chi connectivity index (χ3v) is 9.32. The lowest BCUT2D eigenvalue weighted by atomic mass is 10.1. The molecule has 4 heterocycles. The number of carbonyl (C=O) groups excluding carboxylic acids is 1. The van der Waals surface area contributed by atoms with Crippen LogP contribution in [0.2, 0.25) is 0 Å². The number of likely N-dealkylation sites (N-methyl/N-ethyl adjacent to an activating group) is 1. The molecule has 2 aliphatic rings. The molecule has 0 aliphatic carbocycles. The summed E-state index contributed by atoms with van der Waals surface area (Å²) in [5, 5.41) is 6.05. The lowest BCUT2D eigenvalue weighted by molar-refractivity contribution is 0.165. The number of carbonyl (C=O) groups is 1. The first kappa shape index (κ1) is 31.5. The Morgan fingerprint density at radius 2 is 1.64 bits per heavy atom. The highest BCUT2D eigenvalue weighted by Gasteiger charge is 2.31. The Morgan fingerprint density at radius 3 is 2.32 bits per heavy atom. The van der Waals surface area contributed by atoms with Crippen LogP contribution in [0.25, 0.3) is 11.3 Å². The van der Waals surface area contributed by atoms with E-state index < -0.39 is 10.0 Å². The van der Waals surface area contributed by atoms with Gasteiger partial charge in [0.05, 0.1) is 10.6 Å². The van der Waals surface area contributed by atoms with E-state index in [1.165, 1.54) is 4.31 Å². The van der Waals surface area contributed by atoms with Crippen molar-refractivity contribution in [2.75, 3.05) is 69.6 Å². The van der Waals surface area contributed by atoms with Gasteiger partial charge in [-0.25, -0.2) is 23.2 Å². The summed E-state index contributed by atoms with van der Waals surface area (Å²) in [4.78, 5) is 41.5. The van der Waals surface area contributed by atoms with Crippen LogP contribution in [0.3, 0.4) is 0 Å². The Labute approximate surface area is 259 Å². The maximum atomic E-state index is 13.6. The zero-order chi connectivity index (χ0) is 31.5. The van der Waals surface area contributed by atoms with E-state index in [0.717, 1.165) is 26.2 Å². The molecule has 1 aromatic carbocycles. The van der Waals surface area contributed by atoms with Gasteiger partial charge in [-0.05, 0) is 46.0 Å². The number of benzene rings is 1. The van der Waals surface area contributed by atoms with Crippen molar-refractivity contribution < 1.29 is 13.2 Å². The third-order valence-electron chi connectivity index (χ3n) is 7.43. The quantitative estimate of drug-likeness (QED) is 0.398. The molecule has 2 aromatic heterocycles. The van der Waals surface area contributed by atoms with Gasteiger partial charge in [0.15, 0.2) is 0 Å². The number of aryl methyl sites for hydroxylation is 1. The predicted octanol–water partition coefficient (Wildman–Crippen LogP) is 2.20. The van der Waals surface area contributed by atoms with E-state index in [1.54, 1.807) is 35.4 Å². The van der Waals surface area contributed by atoms with Gasteiger partial charge in [-0.2, -0.15) is 19.3 Å². The van der Waals surface area contributed by atoms with Crippen molar-refractivity contribution in [2.24, 2.45) is 0 Å². The molecule has 0 bridgehead atoms. The second-order valence-electron chi connectivity index (χ2n) is 12.0. The van der Waals surface area contributed by atoms with Crippen LogP contribution in [0.15, 0.2) is 41.4 Å². The van der Waals surface area contributed by atoms with Crippen molar-refractivity contribution in [2.45, 2.75) is 44.6 Å². The van der Waals surface area contributed by atoms with Crippen molar-refractivity contribution in [1.29, 1.82) is 0 Å². The van der Waals surface area contributed by atoms with Gasteiger partial charge in [0.25, 0.3) is 0 Å². The van der Waals surface area contributed by atoms with Gasteiger partial charge in [-0.3, -0.25) is 5.32 Å². The van der Waals surface area contributed by atoms with Gasteiger partial charge < -0.3 is 20.0 Å². The number of nitrogens with zero attached hydrogens (tertiary/aromatic N) is 9. The normalized spacial score (nSPS) is 17.0. The first-order valence-electron chi connectivity index (χ1n) is 14.9. The number of nitrogens with one attached hydrogen (secondary N) is 2. The van der Waals surface area contributed by atoms with Gasteiger partial charge in [0.1, 0.15) is 5.82 Å². The highest BCUT2D eigenvalue weighted by atomic mass is 32.2. The van der Waals surface area contributed by atoms with Crippen molar-refractivity contribution >= 4 is 33.9 Å². The van der Waals surface area contributed by atoms with Crippen LogP contribution in [-0.2, 0) is 16.4 Å². The van der Waals surface area contributed by atoms with Gasteiger partial charge >= 0.3 is 6.03 Å².